The molecule has 1 aliphatic carbocycles. The SMILES string of the molecule is CCCCCC1(CCCCC)OC2C3CC4(C(=O)N5CCCC5C(=O)NC(CO)CCC(=O)OC(C)(C)C)C(ON(Cc5ccc(C=CCOC6OC(CO)C(O)C(O)C6O)cc5)C4C(=O)O3)C2O1. The molecule has 5 aliphatic heterocycles. The number of fused-ring (bicyclic) bond motifs is 4. The summed E-state index contributed by atoms with van der Waals surface area (Å²) in [5.41, 5.74) is -0.650. The molecular weight excluding hydrogens is 899 g/mol. The molecule has 2 bridgehead atoms. The van der Waals surface area contributed by atoms with E-state index in [4.69, 9.17) is 33.3 Å². The topological polar surface area (TPSA) is 253 Å². The van der Waals surface area contributed by atoms with E-state index < -0.39 is 127 Å². The molecule has 19 heteroatoms. The van der Waals surface area contributed by atoms with E-state index in [1.807, 2.05) is 24.3 Å². The highest BCUT2D eigenvalue weighted by atomic mass is 16.8. The molecule has 0 spiro atoms. The van der Waals surface area contributed by atoms with Crippen molar-refractivity contribution in [3.05, 3.63) is 41.5 Å². The minimum atomic E-state index is -1.55. The number of hydroxylamine groups is 2. The third-order valence-electron chi connectivity index (χ3n) is 14.3. The van der Waals surface area contributed by atoms with E-state index in [0.717, 1.165) is 49.7 Å². The molecule has 13 atom stereocenters. The van der Waals surface area contributed by atoms with Crippen LogP contribution in [0.5, 0.6) is 0 Å². The third kappa shape index (κ3) is 11.7. The number of hydrogen-bond donors (Lipinski definition) is 6. The van der Waals surface area contributed by atoms with Crippen molar-refractivity contribution in [3.63, 3.8) is 0 Å². The summed E-state index contributed by atoms with van der Waals surface area (Å²) < 4.78 is 36.7. The summed E-state index contributed by atoms with van der Waals surface area (Å²) in [4.78, 5) is 65.2. The standard InChI is InChI=1S/C50H75N3O16/c1-6-8-10-22-49(23-11-9-7-2)67-40-34-26-50(47(62)52-24-12-15-33(52)44(60)51-32(28-54)20-21-36(56)66-48(3,4)5)42(45(61)64-34)53(69-43(50)41(40)68-49)27-31-18-16-30(17-19-31)14-13-25-63-46-39(59)38(58)37(57)35(29-55)65-46/h13-14,16-19,32-35,37-43,46,54-55,57-59H,6-12,15,20-29H2,1-5H3,(H,51,60). The number of likely N-dealkylation sites (tertiary alicyclic amines) is 1. The molecule has 6 aliphatic rings. The van der Waals surface area contributed by atoms with Gasteiger partial charge in [0, 0.05) is 32.2 Å². The smallest absolute Gasteiger partial charge is 0.327 e. The van der Waals surface area contributed by atoms with Gasteiger partial charge in [-0.3, -0.25) is 24.0 Å². The largest absolute Gasteiger partial charge is 0.460 e. The lowest BCUT2D eigenvalue weighted by atomic mass is 9.62. The van der Waals surface area contributed by atoms with E-state index in [1.54, 1.807) is 37.8 Å². The molecule has 69 heavy (non-hydrogen) atoms. The number of carbonyl (C=O) groups is 4. The summed E-state index contributed by atoms with van der Waals surface area (Å²) in [6, 6.07) is 4.57. The van der Waals surface area contributed by atoms with Gasteiger partial charge in [0.25, 0.3) is 0 Å². The van der Waals surface area contributed by atoms with Gasteiger partial charge in [0.1, 0.15) is 65.9 Å². The summed E-state index contributed by atoms with van der Waals surface area (Å²) in [6.45, 7) is 8.90. The van der Waals surface area contributed by atoms with Gasteiger partial charge in [-0.2, -0.15) is 5.06 Å². The second kappa shape index (κ2) is 22.9. The highest BCUT2D eigenvalue weighted by Crippen LogP contribution is 2.59. The average Bonchev–Trinajstić information content (AvgIpc) is 4.05. The molecule has 0 aromatic heterocycles. The lowest BCUT2D eigenvalue weighted by molar-refractivity contribution is -0.298. The number of amides is 2. The first-order valence-corrected chi connectivity index (χ1v) is 25.1. The molecule has 1 aromatic rings. The number of aliphatic hydroxyl groups excluding tert-OH is 5. The van der Waals surface area contributed by atoms with Gasteiger partial charge >= 0.3 is 11.9 Å². The minimum Gasteiger partial charge on any atom is -0.460 e. The number of benzene rings is 1. The molecule has 0 radical (unpaired) electrons. The van der Waals surface area contributed by atoms with Crippen LogP contribution in [0.15, 0.2) is 30.3 Å². The van der Waals surface area contributed by atoms with Gasteiger partial charge in [-0.25, -0.2) is 0 Å². The van der Waals surface area contributed by atoms with E-state index >= 15 is 4.79 Å². The van der Waals surface area contributed by atoms with Crippen LogP contribution in [-0.4, -0.2) is 170 Å². The quantitative estimate of drug-likeness (QED) is 0.0722. The Morgan fingerprint density at radius 1 is 0.957 bits per heavy atom. The highest BCUT2D eigenvalue weighted by Gasteiger charge is 2.77. The van der Waals surface area contributed by atoms with Crippen LogP contribution in [0.2, 0.25) is 0 Å². The lowest BCUT2D eigenvalue weighted by Gasteiger charge is -2.50. The fraction of sp³-hybridized carbons (Fsp3) is 0.760. The summed E-state index contributed by atoms with van der Waals surface area (Å²) >= 11 is 0. The van der Waals surface area contributed by atoms with Crippen molar-refractivity contribution in [2.75, 3.05) is 26.4 Å². The number of esters is 2. The van der Waals surface area contributed by atoms with Gasteiger partial charge in [-0.1, -0.05) is 75.9 Å². The van der Waals surface area contributed by atoms with Crippen LogP contribution >= 0.6 is 0 Å². The number of nitrogens with one attached hydrogen (secondary N) is 1. The number of nitrogens with zero attached hydrogens (tertiary/aromatic N) is 2. The molecule has 6 N–H and O–H groups in total. The second-order valence-electron chi connectivity index (χ2n) is 20.6. The number of carbonyl (C=O) groups excluding carboxylic acids is 4. The Hall–Kier alpha value is -3.60. The Morgan fingerprint density at radius 3 is 2.30 bits per heavy atom. The van der Waals surface area contributed by atoms with Crippen molar-refractivity contribution in [1.82, 2.24) is 15.3 Å². The van der Waals surface area contributed by atoms with Crippen LogP contribution in [0.25, 0.3) is 6.08 Å². The second-order valence-corrected chi connectivity index (χ2v) is 20.6. The molecule has 386 valence electrons. The Labute approximate surface area is 404 Å². The number of unbranched alkanes of at least 4 members (excludes halogenated alkanes) is 4. The number of aliphatic hydroxyl groups is 5. The van der Waals surface area contributed by atoms with E-state index in [-0.39, 0.29) is 39.0 Å². The first kappa shape index (κ1) is 53.2. The van der Waals surface area contributed by atoms with E-state index in [1.165, 1.54) is 5.06 Å². The predicted molar refractivity (Wildman–Crippen MR) is 246 cm³/mol. The van der Waals surface area contributed by atoms with Crippen molar-refractivity contribution in [2.24, 2.45) is 5.41 Å². The fourth-order valence-corrected chi connectivity index (χ4v) is 10.9. The molecule has 2 amide bonds. The number of rotatable bonds is 22. The van der Waals surface area contributed by atoms with Crippen LogP contribution in [0.1, 0.15) is 129 Å². The van der Waals surface area contributed by atoms with E-state index in [0.29, 0.717) is 25.7 Å². The first-order valence-electron chi connectivity index (χ1n) is 25.1. The van der Waals surface area contributed by atoms with Gasteiger partial charge in [0.05, 0.1) is 32.4 Å². The van der Waals surface area contributed by atoms with Gasteiger partial charge in [0.15, 0.2) is 18.1 Å². The summed E-state index contributed by atoms with van der Waals surface area (Å²) in [6.07, 6.45) is 1.39. The lowest BCUT2D eigenvalue weighted by Crippen LogP contribution is -2.70. The van der Waals surface area contributed by atoms with Crippen LogP contribution in [0.3, 0.4) is 0 Å². The van der Waals surface area contributed by atoms with Gasteiger partial charge in [-0.05, 0) is 64.0 Å². The highest BCUT2D eigenvalue weighted by molar-refractivity contribution is 5.96. The van der Waals surface area contributed by atoms with Crippen LogP contribution in [-0.2, 0) is 59.0 Å². The zero-order valence-corrected chi connectivity index (χ0v) is 40.7. The zero-order chi connectivity index (χ0) is 49.7. The summed E-state index contributed by atoms with van der Waals surface area (Å²) in [7, 11) is 0. The molecular formula is C50H75N3O16. The molecule has 5 heterocycles. The number of hydrogen-bond acceptors (Lipinski definition) is 17. The van der Waals surface area contributed by atoms with Crippen LogP contribution in [0, 0.1) is 5.41 Å². The molecule has 13 unspecified atom stereocenters. The Bertz CT molecular complexity index is 1930. The zero-order valence-electron chi connectivity index (χ0n) is 40.7. The van der Waals surface area contributed by atoms with E-state index in [9.17, 15) is 39.9 Å². The van der Waals surface area contributed by atoms with Gasteiger partial charge in [-0.15, -0.1) is 0 Å². The minimum absolute atomic E-state index is 0.0174. The normalized spacial score (nSPS) is 33.3. The maximum Gasteiger partial charge on any atom is 0.327 e. The Morgan fingerprint density at radius 2 is 1.65 bits per heavy atom. The third-order valence-corrected chi connectivity index (χ3v) is 14.3. The van der Waals surface area contributed by atoms with E-state index in [2.05, 4.69) is 19.2 Å². The van der Waals surface area contributed by atoms with Gasteiger partial charge in [0.2, 0.25) is 11.8 Å². The summed E-state index contributed by atoms with van der Waals surface area (Å²) in [5, 5.41) is 54.6. The summed E-state index contributed by atoms with van der Waals surface area (Å²) in [5.74, 6) is -2.91. The molecule has 1 aromatic carbocycles. The monoisotopic (exact) mass is 974 g/mol. The maximum atomic E-state index is 15.6. The predicted octanol–water partition coefficient (Wildman–Crippen LogP) is 2.55. The van der Waals surface area contributed by atoms with Crippen molar-refractivity contribution < 1.29 is 78.0 Å². The average molecular weight is 974 g/mol. The Kier molecular flexibility index (Phi) is 17.6. The molecule has 1 saturated carbocycles. The molecule has 6 fully saturated rings. The molecule has 19 nitrogen and oxygen atoms in total. The maximum absolute atomic E-state index is 15.6. The van der Waals surface area contributed by atoms with Crippen molar-refractivity contribution in [3.8, 4) is 0 Å². The Balaban J connectivity index is 1.11. The molecule has 7 rings (SSSR count). The van der Waals surface area contributed by atoms with Crippen LogP contribution < -0.4 is 5.32 Å². The fourth-order valence-electron chi connectivity index (χ4n) is 10.9. The van der Waals surface area contributed by atoms with Crippen molar-refractivity contribution in [2.45, 2.75) is 209 Å². The molecule has 5 saturated heterocycles. The number of ether oxygens (including phenoxy) is 6. The van der Waals surface area contributed by atoms with Crippen molar-refractivity contribution in [1.29, 1.82) is 0 Å². The van der Waals surface area contributed by atoms with Crippen LogP contribution in [0.4, 0.5) is 0 Å². The first-order chi connectivity index (χ1) is 33.0. The van der Waals surface area contributed by atoms with Crippen molar-refractivity contribution >= 4 is 29.8 Å². The van der Waals surface area contributed by atoms with Gasteiger partial charge < -0.3 is 64.2 Å².